The predicted octanol–water partition coefficient (Wildman–Crippen LogP) is 2.75. The van der Waals surface area contributed by atoms with E-state index in [-0.39, 0.29) is 0 Å². The number of hydrogen-bond acceptors (Lipinski definition) is 3. The van der Waals surface area contributed by atoms with Crippen LogP contribution in [0.5, 0.6) is 0 Å². The zero-order valence-corrected chi connectivity index (χ0v) is 11.9. The Morgan fingerprint density at radius 1 is 0.947 bits per heavy atom. The molecule has 0 fully saturated rings. The molecule has 0 unspecified atom stereocenters. The lowest BCUT2D eigenvalue weighted by atomic mass is 10.2. The second-order valence-electron chi connectivity index (χ2n) is 4.97. The Morgan fingerprint density at radius 2 is 1.58 bits per heavy atom. The van der Waals surface area contributed by atoms with E-state index in [9.17, 15) is 0 Å². The first-order valence-corrected chi connectivity index (χ1v) is 6.53. The molecule has 3 heteroatoms. The maximum absolute atomic E-state index is 4.29. The van der Waals surface area contributed by atoms with Crippen molar-refractivity contribution in [3.8, 4) is 0 Å². The molecule has 100 valence electrons. The number of rotatable bonds is 5. The van der Waals surface area contributed by atoms with E-state index in [4.69, 9.17) is 0 Å². The maximum Gasteiger partial charge on any atom is 0.0372 e. The van der Waals surface area contributed by atoms with E-state index in [0.29, 0.717) is 0 Å². The molecule has 0 spiro atoms. The maximum atomic E-state index is 4.29. The van der Waals surface area contributed by atoms with Gasteiger partial charge in [-0.05, 0) is 36.2 Å². The molecule has 0 bridgehead atoms. The third kappa shape index (κ3) is 4.07. The van der Waals surface area contributed by atoms with Gasteiger partial charge in [-0.15, -0.1) is 0 Å². The topological polar surface area (TPSA) is 28.2 Å². The lowest BCUT2D eigenvalue weighted by Crippen LogP contribution is -2.13. The van der Waals surface area contributed by atoms with Crippen molar-refractivity contribution in [2.45, 2.75) is 20.0 Å². The number of benzene rings is 1. The van der Waals surface area contributed by atoms with Crippen LogP contribution in [0.3, 0.4) is 0 Å². The molecule has 0 radical (unpaired) electrons. The van der Waals surface area contributed by atoms with Gasteiger partial charge in [0.15, 0.2) is 0 Å². The Hall–Kier alpha value is -1.87. The minimum atomic E-state index is 0.850. The number of anilines is 1. The number of hydrogen-bond donors (Lipinski definition) is 1. The van der Waals surface area contributed by atoms with Crippen molar-refractivity contribution in [2.75, 3.05) is 19.0 Å². The summed E-state index contributed by atoms with van der Waals surface area (Å²) in [5.41, 5.74) is 4.80. The quantitative estimate of drug-likeness (QED) is 0.890. The van der Waals surface area contributed by atoms with E-state index in [2.05, 4.69) is 59.6 Å². The van der Waals surface area contributed by atoms with Crippen LogP contribution in [-0.4, -0.2) is 19.1 Å². The second kappa shape index (κ2) is 6.34. The van der Waals surface area contributed by atoms with Gasteiger partial charge in [-0.2, -0.15) is 0 Å². The normalized spacial score (nSPS) is 10.5. The van der Waals surface area contributed by atoms with Gasteiger partial charge in [0.2, 0.25) is 0 Å². The molecule has 1 aromatic heterocycles. The van der Waals surface area contributed by atoms with Crippen LogP contribution in [-0.2, 0) is 13.1 Å². The van der Waals surface area contributed by atoms with E-state index in [1.165, 1.54) is 16.8 Å². The average molecular weight is 255 g/mol. The number of nitrogens with zero attached hydrogens (tertiary/aromatic N) is 2. The molecular formula is C16H21N3. The first-order valence-electron chi connectivity index (χ1n) is 6.53. The minimum absolute atomic E-state index is 0.850. The number of pyridine rings is 1. The van der Waals surface area contributed by atoms with Crippen LogP contribution >= 0.6 is 0 Å². The molecule has 19 heavy (non-hydrogen) atoms. The van der Waals surface area contributed by atoms with E-state index >= 15 is 0 Å². The molecule has 3 nitrogen and oxygen atoms in total. The van der Waals surface area contributed by atoms with Crippen LogP contribution in [0.1, 0.15) is 16.8 Å². The summed E-state index contributed by atoms with van der Waals surface area (Å²) in [6.45, 7) is 3.73. The van der Waals surface area contributed by atoms with Crippen LogP contribution in [0.2, 0.25) is 0 Å². The van der Waals surface area contributed by atoms with Gasteiger partial charge in [0.1, 0.15) is 0 Å². The first-order chi connectivity index (χ1) is 9.15. The van der Waals surface area contributed by atoms with Crippen molar-refractivity contribution < 1.29 is 0 Å². The second-order valence-corrected chi connectivity index (χ2v) is 4.97. The van der Waals surface area contributed by atoms with Crippen molar-refractivity contribution in [1.29, 1.82) is 0 Å². The fourth-order valence-electron chi connectivity index (χ4n) is 1.87. The van der Waals surface area contributed by atoms with Gasteiger partial charge < -0.3 is 10.2 Å². The lowest BCUT2D eigenvalue weighted by molar-refractivity contribution is 0.691. The highest BCUT2D eigenvalue weighted by atomic mass is 15.1. The Labute approximate surface area is 115 Å². The first kappa shape index (κ1) is 13.6. The fraction of sp³-hybridized carbons (Fsp3) is 0.312. The summed E-state index contributed by atoms with van der Waals surface area (Å²) in [5.74, 6) is 0. The van der Waals surface area contributed by atoms with E-state index in [1.807, 2.05) is 19.2 Å². The molecule has 2 aromatic rings. The Morgan fingerprint density at radius 3 is 2.16 bits per heavy atom. The van der Waals surface area contributed by atoms with Crippen LogP contribution in [0.25, 0.3) is 0 Å². The molecule has 1 N–H and O–H groups in total. The molecule has 0 aliphatic rings. The molecule has 0 saturated heterocycles. The molecule has 1 aromatic carbocycles. The van der Waals surface area contributed by atoms with Gasteiger partial charge in [-0.3, -0.25) is 4.98 Å². The summed E-state index contributed by atoms with van der Waals surface area (Å²) in [5, 5.41) is 3.43. The van der Waals surface area contributed by atoms with Gasteiger partial charge in [0.05, 0.1) is 0 Å². The summed E-state index contributed by atoms with van der Waals surface area (Å²) >= 11 is 0. The van der Waals surface area contributed by atoms with Crippen LogP contribution in [0.4, 0.5) is 5.69 Å². The zero-order chi connectivity index (χ0) is 13.7. The monoisotopic (exact) mass is 255 g/mol. The van der Waals surface area contributed by atoms with E-state index in [0.717, 1.165) is 18.8 Å². The van der Waals surface area contributed by atoms with Crippen molar-refractivity contribution in [2.24, 2.45) is 0 Å². The van der Waals surface area contributed by atoms with Gasteiger partial charge in [-0.1, -0.05) is 18.2 Å². The van der Waals surface area contributed by atoms with E-state index < -0.39 is 0 Å². The summed E-state index contributed by atoms with van der Waals surface area (Å²) in [6.07, 6.45) is 1.93. The SMILES string of the molecule is Cc1ccc(CNCc2ccc(N(C)C)cc2)cn1. The van der Waals surface area contributed by atoms with Crippen LogP contribution < -0.4 is 10.2 Å². The molecular weight excluding hydrogens is 234 g/mol. The third-order valence-electron chi connectivity index (χ3n) is 3.08. The Balaban J connectivity index is 1.83. The molecule has 0 saturated carbocycles. The fourth-order valence-corrected chi connectivity index (χ4v) is 1.87. The number of nitrogens with one attached hydrogen (secondary N) is 1. The van der Waals surface area contributed by atoms with Gasteiger partial charge >= 0.3 is 0 Å². The van der Waals surface area contributed by atoms with Crippen molar-refractivity contribution >= 4 is 5.69 Å². The van der Waals surface area contributed by atoms with Crippen LogP contribution in [0, 0.1) is 6.92 Å². The van der Waals surface area contributed by atoms with Gasteiger partial charge in [0.25, 0.3) is 0 Å². The highest BCUT2D eigenvalue weighted by Gasteiger charge is 1.97. The number of aromatic nitrogens is 1. The minimum Gasteiger partial charge on any atom is -0.378 e. The number of aryl methyl sites for hydroxylation is 1. The summed E-state index contributed by atoms with van der Waals surface area (Å²) < 4.78 is 0. The predicted molar refractivity (Wildman–Crippen MR) is 80.3 cm³/mol. The highest BCUT2D eigenvalue weighted by molar-refractivity contribution is 5.45. The zero-order valence-electron chi connectivity index (χ0n) is 11.9. The van der Waals surface area contributed by atoms with E-state index in [1.54, 1.807) is 0 Å². The van der Waals surface area contributed by atoms with Crippen LogP contribution in [0.15, 0.2) is 42.6 Å². The Bertz CT molecular complexity index is 501. The van der Waals surface area contributed by atoms with Gasteiger partial charge in [0, 0.05) is 44.8 Å². The summed E-state index contributed by atoms with van der Waals surface area (Å²) in [7, 11) is 4.11. The highest BCUT2D eigenvalue weighted by Crippen LogP contribution is 2.12. The van der Waals surface area contributed by atoms with Crippen molar-refractivity contribution in [1.82, 2.24) is 10.3 Å². The summed E-state index contributed by atoms with van der Waals surface area (Å²) in [4.78, 5) is 6.40. The lowest BCUT2D eigenvalue weighted by Gasteiger charge is -2.13. The molecule has 0 aliphatic heterocycles. The largest absolute Gasteiger partial charge is 0.378 e. The molecule has 0 aliphatic carbocycles. The standard InChI is InChI=1S/C16H21N3/c1-13-4-5-15(12-18-13)11-17-10-14-6-8-16(9-7-14)19(2)3/h4-9,12,17H,10-11H2,1-3H3. The average Bonchev–Trinajstić information content (AvgIpc) is 2.41. The Kier molecular flexibility index (Phi) is 4.53. The van der Waals surface area contributed by atoms with Crippen molar-refractivity contribution in [3.05, 3.63) is 59.4 Å². The molecule has 0 amide bonds. The molecule has 1 heterocycles. The molecule has 2 rings (SSSR count). The smallest absolute Gasteiger partial charge is 0.0372 e. The van der Waals surface area contributed by atoms with Crippen molar-refractivity contribution in [3.63, 3.8) is 0 Å². The summed E-state index contributed by atoms with van der Waals surface area (Å²) in [6, 6.07) is 12.8. The third-order valence-corrected chi connectivity index (χ3v) is 3.08. The van der Waals surface area contributed by atoms with Gasteiger partial charge in [-0.25, -0.2) is 0 Å². The molecule has 0 atom stereocenters.